The van der Waals surface area contributed by atoms with E-state index in [4.69, 9.17) is 0 Å². The minimum Gasteiger partial charge on any atom is -0.462 e. The molecular weight excluding hydrogens is 605 g/mol. The summed E-state index contributed by atoms with van der Waals surface area (Å²) in [5.41, 5.74) is -2.13. The molecule has 22 heteroatoms. The van der Waals surface area contributed by atoms with Crippen LogP contribution in [0, 0.1) is 10.1 Å². The van der Waals surface area contributed by atoms with E-state index >= 15 is 0 Å². The highest BCUT2D eigenvalue weighted by Gasteiger charge is 2.95. The predicted octanol–water partition coefficient (Wildman–Crippen LogP) is 7.15. The maximum Gasteiger partial charge on any atom is 0.460 e. The first-order valence-electron chi connectivity index (χ1n) is 9.18. The Morgan fingerprint density at radius 3 is 1.46 bits per heavy atom. The van der Waals surface area contributed by atoms with E-state index < -0.39 is 82.8 Å². The summed E-state index contributed by atoms with van der Waals surface area (Å²) < 4.78 is 228. The zero-order valence-corrected chi connectivity index (χ0v) is 17.7. The predicted molar refractivity (Wildman–Crippen MR) is 88.7 cm³/mol. The Hall–Kier alpha value is -3.10. The van der Waals surface area contributed by atoms with E-state index in [-0.39, 0.29) is 0 Å². The van der Waals surface area contributed by atoms with Gasteiger partial charge in [0.1, 0.15) is 5.56 Å². The molecule has 0 aliphatic carbocycles. The molecule has 39 heavy (non-hydrogen) atoms. The molecule has 0 amide bonds. The van der Waals surface area contributed by atoms with Crippen LogP contribution in [-0.4, -0.2) is 65.1 Å². The summed E-state index contributed by atoms with van der Waals surface area (Å²) in [6.07, 6.45) is -10.9. The van der Waals surface area contributed by atoms with Crippen LogP contribution in [-0.2, 0) is 4.74 Å². The third-order valence-electron chi connectivity index (χ3n) is 4.76. The topological polar surface area (TPSA) is 69.4 Å². The van der Waals surface area contributed by atoms with Crippen molar-refractivity contribution in [3.63, 3.8) is 0 Å². The van der Waals surface area contributed by atoms with E-state index in [0.29, 0.717) is 12.1 Å². The minimum absolute atomic E-state index is 0.598. The Morgan fingerprint density at radius 1 is 0.667 bits per heavy atom. The molecule has 0 N–H and O–H groups in total. The number of halogens is 17. The molecule has 5 nitrogen and oxygen atoms in total. The van der Waals surface area contributed by atoms with Crippen LogP contribution in [0.2, 0.25) is 0 Å². The van der Waals surface area contributed by atoms with Gasteiger partial charge in [-0.1, -0.05) is 12.1 Å². The van der Waals surface area contributed by atoms with Gasteiger partial charge in [-0.2, -0.15) is 74.6 Å². The van der Waals surface area contributed by atoms with Crippen LogP contribution in [0.1, 0.15) is 16.8 Å². The fourth-order valence-corrected chi connectivity index (χ4v) is 2.51. The van der Waals surface area contributed by atoms with Gasteiger partial charge in [-0.15, -0.1) is 0 Å². The normalized spacial score (nSPS) is 14.8. The van der Waals surface area contributed by atoms with Crippen molar-refractivity contribution in [1.29, 1.82) is 0 Å². The molecule has 0 aromatic heterocycles. The van der Waals surface area contributed by atoms with E-state index in [1.165, 1.54) is 0 Å². The molecular formula is C17H8F17NO4. The first-order valence-corrected chi connectivity index (χ1v) is 9.18. The average Bonchev–Trinajstić information content (AvgIpc) is 2.77. The van der Waals surface area contributed by atoms with Gasteiger partial charge in [0.25, 0.3) is 5.69 Å². The molecule has 0 saturated heterocycles. The van der Waals surface area contributed by atoms with Crippen LogP contribution >= 0.6 is 0 Å². The summed E-state index contributed by atoms with van der Waals surface area (Å²) in [6.45, 7) is -2.21. The molecule has 0 heterocycles. The number of carbonyl (C=O) groups is 1. The zero-order chi connectivity index (χ0) is 31.3. The number of hydrogen-bond donors (Lipinski definition) is 0. The lowest BCUT2D eigenvalue weighted by Gasteiger charge is -2.42. The number of ether oxygens (including phenoxy) is 1. The number of hydrogen-bond acceptors (Lipinski definition) is 4. The highest BCUT2D eigenvalue weighted by molar-refractivity contribution is 5.93. The fraction of sp³-hybridized carbons (Fsp3) is 0.588. The van der Waals surface area contributed by atoms with Crippen molar-refractivity contribution in [2.45, 2.75) is 54.1 Å². The van der Waals surface area contributed by atoms with Gasteiger partial charge < -0.3 is 4.74 Å². The summed E-state index contributed by atoms with van der Waals surface area (Å²) in [6, 6.07) is 3.09. The van der Waals surface area contributed by atoms with Crippen LogP contribution in [0.5, 0.6) is 0 Å². The lowest BCUT2D eigenvalue weighted by atomic mass is 9.88. The zero-order valence-electron chi connectivity index (χ0n) is 17.7. The van der Waals surface area contributed by atoms with Gasteiger partial charge >= 0.3 is 53.6 Å². The standard InChI is InChI=1S/C17H8F17NO4/c18-10(19,5-6-39-9(36)7-3-1-2-4-8(7)35(37)38)11(20,21)12(22,23)13(24,25)14(26,27)15(28,29)16(30,31)17(32,33)34/h1-4H,5-6H2. The lowest BCUT2D eigenvalue weighted by molar-refractivity contribution is -0.461. The lowest BCUT2D eigenvalue weighted by Crippen LogP contribution is -2.74. The van der Waals surface area contributed by atoms with E-state index in [1.807, 2.05) is 0 Å². The first-order chi connectivity index (χ1) is 17.1. The van der Waals surface area contributed by atoms with Crippen molar-refractivity contribution in [1.82, 2.24) is 0 Å². The molecule has 1 aromatic rings. The van der Waals surface area contributed by atoms with Crippen molar-refractivity contribution in [3.8, 4) is 0 Å². The maximum absolute atomic E-state index is 13.8. The van der Waals surface area contributed by atoms with Crippen molar-refractivity contribution in [2.24, 2.45) is 0 Å². The third-order valence-corrected chi connectivity index (χ3v) is 4.76. The molecule has 0 radical (unpaired) electrons. The monoisotopic (exact) mass is 613 g/mol. The van der Waals surface area contributed by atoms with Crippen molar-refractivity contribution in [3.05, 3.63) is 39.9 Å². The van der Waals surface area contributed by atoms with Crippen LogP contribution in [0.3, 0.4) is 0 Å². The number of benzene rings is 1. The molecule has 1 aromatic carbocycles. The number of nitro groups is 1. The second-order valence-electron chi connectivity index (χ2n) is 7.31. The second-order valence-corrected chi connectivity index (χ2v) is 7.31. The van der Waals surface area contributed by atoms with Gasteiger partial charge in [0, 0.05) is 6.07 Å². The van der Waals surface area contributed by atoms with Gasteiger partial charge in [0.15, 0.2) is 0 Å². The molecule has 0 bridgehead atoms. The van der Waals surface area contributed by atoms with Crippen LogP contribution in [0.25, 0.3) is 0 Å². The summed E-state index contributed by atoms with van der Waals surface area (Å²) in [5, 5.41) is 10.8. The second kappa shape index (κ2) is 9.82. The number of alkyl halides is 17. The van der Waals surface area contributed by atoms with Crippen molar-refractivity contribution < 1.29 is 89.1 Å². The molecule has 0 unspecified atom stereocenters. The Balaban J connectivity index is 3.33. The molecule has 0 spiro atoms. The largest absolute Gasteiger partial charge is 0.462 e. The molecule has 1 rings (SSSR count). The highest BCUT2D eigenvalue weighted by Crippen LogP contribution is 2.64. The van der Waals surface area contributed by atoms with Crippen LogP contribution in [0.4, 0.5) is 80.3 Å². The van der Waals surface area contributed by atoms with Crippen LogP contribution in [0.15, 0.2) is 24.3 Å². The van der Waals surface area contributed by atoms with Crippen molar-refractivity contribution >= 4 is 11.7 Å². The fourth-order valence-electron chi connectivity index (χ4n) is 2.51. The average molecular weight is 613 g/mol. The molecule has 224 valence electrons. The van der Waals surface area contributed by atoms with E-state index in [0.717, 1.165) is 12.1 Å². The number of esters is 1. The number of nitrogens with zero attached hydrogens (tertiary/aromatic N) is 1. The number of carbonyl (C=O) groups excluding carboxylic acids is 1. The number of rotatable bonds is 11. The van der Waals surface area contributed by atoms with Gasteiger partial charge in [-0.05, 0) is 6.07 Å². The number of para-hydroxylation sites is 1. The van der Waals surface area contributed by atoms with Gasteiger partial charge in [-0.3, -0.25) is 10.1 Å². The van der Waals surface area contributed by atoms with E-state index in [9.17, 15) is 89.5 Å². The van der Waals surface area contributed by atoms with Crippen molar-refractivity contribution in [2.75, 3.05) is 6.61 Å². The quantitative estimate of drug-likeness (QED) is 0.115. The first kappa shape index (κ1) is 33.9. The molecule has 0 saturated carbocycles. The highest BCUT2D eigenvalue weighted by atomic mass is 19.4. The molecule has 0 aliphatic heterocycles. The minimum atomic E-state index is -8.75. The number of nitro benzene ring substituents is 1. The summed E-state index contributed by atoms with van der Waals surface area (Å²) >= 11 is 0. The maximum atomic E-state index is 13.8. The Morgan fingerprint density at radius 2 is 1.05 bits per heavy atom. The van der Waals surface area contributed by atoms with E-state index in [2.05, 4.69) is 4.74 Å². The summed E-state index contributed by atoms with van der Waals surface area (Å²) in [4.78, 5) is 21.2. The molecule has 0 fully saturated rings. The summed E-state index contributed by atoms with van der Waals surface area (Å²) in [7, 11) is 0. The van der Waals surface area contributed by atoms with Gasteiger partial charge in [-0.25, -0.2) is 4.79 Å². The smallest absolute Gasteiger partial charge is 0.460 e. The third kappa shape index (κ3) is 5.12. The van der Waals surface area contributed by atoms with Crippen LogP contribution < -0.4 is 0 Å². The Labute approximate surface area is 202 Å². The Bertz CT molecular complexity index is 1080. The van der Waals surface area contributed by atoms with Gasteiger partial charge in [0.2, 0.25) is 0 Å². The van der Waals surface area contributed by atoms with E-state index in [1.54, 1.807) is 0 Å². The Kier molecular flexibility index (Phi) is 8.55. The molecule has 0 atom stereocenters. The van der Waals surface area contributed by atoms with Gasteiger partial charge in [0.05, 0.1) is 18.0 Å². The molecule has 0 aliphatic rings. The SMILES string of the molecule is O=C(OCCC(F)(F)C(F)(F)C(F)(F)C(F)(F)C(F)(F)C(F)(F)C(F)(F)C(F)(F)F)c1ccccc1[N+](=O)[O-]. The summed E-state index contributed by atoms with van der Waals surface area (Å²) in [5.74, 6) is -59.4.